The lowest BCUT2D eigenvalue weighted by Gasteiger charge is -2.16. The lowest BCUT2D eigenvalue weighted by molar-refractivity contribution is -0.127. The van der Waals surface area contributed by atoms with Crippen molar-refractivity contribution in [3.63, 3.8) is 0 Å². The number of carbonyl (C=O) groups is 2. The fourth-order valence-corrected chi connectivity index (χ4v) is 4.01. The molecule has 3 nitrogen and oxygen atoms in total. The van der Waals surface area contributed by atoms with E-state index in [-0.39, 0.29) is 16.3 Å². The zero-order chi connectivity index (χ0) is 16.2. The molecular weight excluding hydrogens is 294 g/mol. The van der Waals surface area contributed by atoms with Gasteiger partial charge in [0.2, 0.25) is 5.91 Å². The molecule has 1 fully saturated rings. The van der Waals surface area contributed by atoms with Crippen LogP contribution in [0.4, 0.5) is 0 Å². The van der Waals surface area contributed by atoms with Crippen molar-refractivity contribution < 1.29 is 9.59 Å². The molecule has 4 heteroatoms. The van der Waals surface area contributed by atoms with E-state index in [1.165, 1.54) is 69.5 Å². The minimum absolute atomic E-state index is 0.124. The van der Waals surface area contributed by atoms with Crippen molar-refractivity contribution in [1.82, 2.24) is 4.90 Å². The average Bonchev–Trinajstić information content (AvgIpc) is 2.80. The maximum absolute atomic E-state index is 11.9. The van der Waals surface area contributed by atoms with E-state index in [2.05, 4.69) is 6.92 Å². The lowest BCUT2D eigenvalue weighted by Crippen LogP contribution is -2.26. The first-order chi connectivity index (χ1) is 10.6. The minimum Gasteiger partial charge on any atom is -0.342 e. The Bertz CT molecular complexity index is 333. The van der Waals surface area contributed by atoms with Gasteiger partial charge in [0.05, 0.1) is 0 Å². The molecule has 0 N–H and O–H groups in total. The van der Waals surface area contributed by atoms with Gasteiger partial charge in [-0.2, -0.15) is 0 Å². The second-order valence-electron chi connectivity index (χ2n) is 6.46. The monoisotopic (exact) mass is 327 g/mol. The number of carbonyl (C=O) groups excluding carboxylic acids is 2. The fourth-order valence-electron chi connectivity index (χ4n) is 3.06. The Kier molecular flexibility index (Phi) is 10.6. The van der Waals surface area contributed by atoms with Crippen LogP contribution in [0.1, 0.15) is 84.5 Å². The highest BCUT2D eigenvalue weighted by atomic mass is 32.2. The van der Waals surface area contributed by atoms with Crippen molar-refractivity contribution in [1.29, 1.82) is 0 Å². The van der Waals surface area contributed by atoms with E-state index in [9.17, 15) is 9.59 Å². The highest BCUT2D eigenvalue weighted by Crippen LogP contribution is 2.24. The summed E-state index contributed by atoms with van der Waals surface area (Å²) in [5.41, 5.74) is 0. The molecule has 1 amide bonds. The Morgan fingerprint density at radius 3 is 2.14 bits per heavy atom. The summed E-state index contributed by atoms with van der Waals surface area (Å²) in [6, 6.07) is 0. The molecule has 22 heavy (non-hydrogen) atoms. The molecule has 1 aliphatic heterocycles. The molecule has 1 aliphatic rings. The zero-order valence-corrected chi connectivity index (χ0v) is 15.3. The van der Waals surface area contributed by atoms with Crippen molar-refractivity contribution in [2.75, 3.05) is 13.1 Å². The Balaban J connectivity index is 1.94. The summed E-state index contributed by atoms with van der Waals surface area (Å²) in [6.07, 6.45) is 13.7. The standard InChI is InChI=1S/C18H33NO2S/c1-3-4-5-6-7-8-9-10-11-12-13-19-15-17(14-18(19)21)22-16(2)20/h17H,3-15H2,1-2H3. The van der Waals surface area contributed by atoms with Gasteiger partial charge in [-0.3, -0.25) is 9.59 Å². The Labute approximate surface area is 140 Å². The second-order valence-corrected chi connectivity index (χ2v) is 7.93. The van der Waals surface area contributed by atoms with Gasteiger partial charge in [-0.05, 0) is 6.42 Å². The molecule has 128 valence electrons. The van der Waals surface area contributed by atoms with Gasteiger partial charge in [0.1, 0.15) is 0 Å². The first kappa shape index (κ1) is 19.5. The lowest BCUT2D eigenvalue weighted by atomic mass is 10.1. The number of amides is 1. The SMILES string of the molecule is CCCCCCCCCCCCN1CC(SC(C)=O)CC1=O. The second kappa shape index (κ2) is 12.0. The predicted octanol–water partition coefficient (Wildman–Crippen LogP) is 4.79. The van der Waals surface area contributed by atoms with Gasteiger partial charge in [0.25, 0.3) is 0 Å². The molecule has 0 aromatic heterocycles. The predicted molar refractivity (Wildman–Crippen MR) is 95.1 cm³/mol. The molecule has 0 saturated carbocycles. The van der Waals surface area contributed by atoms with Gasteiger partial charge < -0.3 is 4.90 Å². The van der Waals surface area contributed by atoms with Crippen LogP contribution in [0.5, 0.6) is 0 Å². The van der Waals surface area contributed by atoms with Gasteiger partial charge in [0.15, 0.2) is 5.12 Å². The van der Waals surface area contributed by atoms with Crippen molar-refractivity contribution in [2.45, 2.75) is 89.7 Å². The normalized spacial score (nSPS) is 18.2. The number of hydrogen-bond acceptors (Lipinski definition) is 3. The van der Waals surface area contributed by atoms with Crippen molar-refractivity contribution >= 4 is 22.8 Å². The highest BCUT2D eigenvalue weighted by Gasteiger charge is 2.30. The minimum atomic E-state index is 0.124. The van der Waals surface area contributed by atoms with Crippen LogP contribution in [0.3, 0.4) is 0 Å². The van der Waals surface area contributed by atoms with Crippen LogP contribution in [-0.4, -0.2) is 34.3 Å². The van der Waals surface area contributed by atoms with Crippen LogP contribution in [0.2, 0.25) is 0 Å². The highest BCUT2D eigenvalue weighted by molar-refractivity contribution is 8.14. The maximum Gasteiger partial charge on any atom is 0.223 e. The molecule has 0 spiro atoms. The number of unbranched alkanes of at least 4 members (excludes halogenated alkanes) is 9. The number of nitrogens with zero attached hydrogens (tertiary/aromatic N) is 1. The van der Waals surface area contributed by atoms with Crippen LogP contribution in [-0.2, 0) is 9.59 Å². The van der Waals surface area contributed by atoms with E-state index < -0.39 is 0 Å². The summed E-state index contributed by atoms with van der Waals surface area (Å²) in [5, 5.41) is 0.312. The van der Waals surface area contributed by atoms with E-state index in [0.717, 1.165) is 19.5 Å². The topological polar surface area (TPSA) is 37.4 Å². The van der Waals surface area contributed by atoms with Crippen LogP contribution < -0.4 is 0 Å². The maximum atomic E-state index is 11.9. The Morgan fingerprint density at radius 1 is 1.05 bits per heavy atom. The molecule has 0 bridgehead atoms. The molecular formula is C18H33NO2S. The average molecular weight is 328 g/mol. The quantitative estimate of drug-likeness (QED) is 0.484. The third kappa shape index (κ3) is 8.82. The number of rotatable bonds is 12. The van der Waals surface area contributed by atoms with Crippen molar-refractivity contribution in [2.24, 2.45) is 0 Å². The molecule has 0 aliphatic carbocycles. The molecule has 0 aromatic carbocycles. The molecule has 0 radical (unpaired) electrons. The Morgan fingerprint density at radius 2 is 1.59 bits per heavy atom. The number of likely N-dealkylation sites (tertiary alicyclic amines) is 1. The summed E-state index contributed by atoms with van der Waals surface area (Å²) < 4.78 is 0. The van der Waals surface area contributed by atoms with Gasteiger partial charge in [-0.25, -0.2) is 0 Å². The van der Waals surface area contributed by atoms with Gasteiger partial charge in [0, 0.05) is 31.7 Å². The van der Waals surface area contributed by atoms with E-state index >= 15 is 0 Å². The molecule has 1 heterocycles. The molecule has 1 saturated heterocycles. The molecule has 1 atom stereocenters. The fraction of sp³-hybridized carbons (Fsp3) is 0.889. The summed E-state index contributed by atoms with van der Waals surface area (Å²) in [4.78, 5) is 24.9. The van der Waals surface area contributed by atoms with Gasteiger partial charge in [-0.1, -0.05) is 76.5 Å². The summed E-state index contributed by atoms with van der Waals surface area (Å²) in [7, 11) is 0. The van der Waals surface area contributed by atoms with E-state index in [4.69, 9.17) is 0 Å². The van der Waals surface area contributed by atoms with Crippen LogP contribution in [0.25, 0.3) is 0 Å². The Hall–Kier alpha value is -0.510. The van der Waals surface area contributed by atoms with Crippen LogP contribution in [0.15, 0.2) is 0 Å². The summed E-state index contributed by atoms with van der Waals surface area (Å²) in [5.74, 6) is 0.231. The summed E-state index contributed by atoms with van der Waals surface area (Å²) in [6.45, 7) is 5.48. The molecule has 1 unspecified atom stereocenters. The smallest absolute Gasteiger partial charge is 0.223 e. The van der Waals surface area contributed by atoms with E-state index in [0.29, 0.717) is 6.42 Å². The first-order valence-electron chi connectivity index (χ1n) is 9.08. The zero-order valence-electron chi connectivity index (χ0n) is 14.4. The van der Waals surface area contributed by atoms with E-state index in [1.807, 2.05) is 4.90 Å². The first-order valence-corrected chi connectivity index (χ1v) is 9.96. The van der Waals surface area contributed by atoms with Gasteiger partial charge in [-0.15, -0.1) is 0 Å². The third-order valence-corrected chi connectivity index (χ3v) is 5.27. The van der Waals surface area contributed by atoms with Crippen LogP contribution >= 0.6 is 11.8 Å². The van der Waals surface area contributed by atoms with Crippen molar-refractivity contribution in [3.8, 4) is 0 Å². The van der Waals surface area contributed by atoms with Crippen LogP contribution in [0, 0.1) is 0 Å². The largest absolute Gasteiger partial charge is 0.342 e. The van der Waals surface area contributed by atoms with Crippen molar-refractivity contribution in [3.05, 3.63) is 0 Å². The molecule has 0 aromatic rings. The molecule has 1 rings (SSSR count). The third-order valence-electron chi connectivity index (χ3n) is 4.29. The number of hydrogen-bond donors (Lipinski definition) is 0. The van der Waals surface area contributed by atoms with Gasteiger partial charge >= 0.3 is 0 Å². The number of thioether (sulfide) groups is 1. The summed E-state index contributed by atoms with van der Waals surface area (Å²) >= 11 is 1.33. The van der Waals surface area contributed by atoms with E-state index in [1.54, 1.807) is 6.92 Å².